The Morgan fingerprint density at radius 1 is 1.30 bits per heavy atom. The number of carbonyl (C=O) groups is 1. The highest BCUT2D eigenvalue weighted by Crippen LogP contribution is 2.24. The Morgan fingerprint density at radius 2 is 2.19 bits per heavy atom. The first-order valence-corrected chi connectivity index (χ1v) is 9.12. The summed E-state index contributed by atoms with van der Waals surface area (Å²) in [6.07, 6.45) is 2.47. The summed E-state index contributed by atoms with van der Waals surface area (Å²) < 4.78 is 6.96. The predicted octanol–water partition coefficient (Wildman–Crippen LogP) is 3.73. The first kappa shape index (κ1) is 17.5. The molecule has 1 aliphatic rings. The molecule has 0 aliphatic carbocycles. The van der Waals surface area contributed by atoms with Gasteiger partial charge in [-0.05, 0) is 36.8 Å². The summed E-state index contributed by atoms with van der Waals surface area (Å²) >= 11 is 6.07. The number of halogens is 1. The van der Waals surface area contributed by atoms with Crippen molar-refractivity contribution in [3.05, 3.63) is 53.8 Å². The molecule has 1 aromatic carbocycles. The molecular weight excluding hydrogens is 366 g/mol. The smallest absolute Gasteiger partial charge is 0.320 e. The molecule has 2 amide bonds. The number of anilines is 2. The van der Waals surface area contributed by atoms with Crippen molar-refractivity contribution in [1.29, 1.82) is 0 Å². The van der Waals surface area contributed by atoms with Crippen molar-refractivity contribution < 1.29 is 9.21 Å². The fourth-order valence-corrected chi connectivity index (χ4v) is 3.44. The second kappa shape index (κ2) is 7.36. The van der Waals surface area contributed by atoms with Crippen LogP contribution in [0.15, 0.2) is 53.1 Å². The number of nitrogens with zero attached hydrogens (tertiary/aromatic N) is 3. The molecule has 2 N–H and O–H groups in total. The van der Waals surface area contributed by atoms with E-state index in [0.717, 1.165) is 25.2 Å². The summed E-state index contributed by atoms with van der Waals surface area (Å²) in [5.74, 6) is 1.26. The Kier molecular flexibility index (Phi) is 4.77. The fourth-order valence-electron chi connectivity index (χ4n) is 3.25. The number of hydrogen-bond acceptors (Lipinski definition) is 4. The normalized spacial score (nSPS) is 16.5. The number of nitrogens with one attached hydrogen (secondary N) is 2. The lowest BCUT2D eigenvalue weighted by molar-refractivity contribution is 0.249. The minimum absolute atomic E-state index is 0.0711. The van der Waals surface area contributed by atoms with Crippen LogP contribution in [0.25, 0.3) is 11.5 Å². The predicted molar refractivity (Wildman–Crippen MR) is 105 cm³/mol. The molecule has 7 nitrogen and oxygen atoms in total. The van der Waals surface area contributed by atoms with Crippen molar-refractivity contribution in [1.82, 2.24) is 15.1 Å². The molecule has 140 valence electrons. The first-order chi connectivity index (χ1) is 13.1. The Bertz CT molecular complexity index is 937. The summed E-state index contributed by atoms with van der Waals surface area (Å²) in [6, 6.07) is 13.0. The van der Waals surface area contributed by atoms with Gasteiger partial charge in [0.1, 0.15) is 11.5 Å². The zero-order valence-electron chi connectivity index (χ0n) is 14.9. The van der Waals surface area contributed by atoms with Gasteiger partial charge in [0.05, 0.1) is 6.26 Å². The van der Waals surface area contributed by atoms with E-state index in [2.05, 4.69) is 20.6 Å². The second-order valence-corrected chi connectivity index (χ2v) is 6.96. The summed E-state index contributed by atoms with van der Waals surface area (Å²) in [6.45, 7) is 1.62. The molecule has 8 heteroatoms. The van der Waals surface area contributed by atoms with Gasteiger partial charge in [0, 0.05) is 43.0 Å². The highest BCUT2D eigenvalue weighted by Gasteiger charge is 2.24. The monoisotopic (exact) mass is 385 g/mol. The van der Waals surface area contributed by atoms with E-state index in [4.69, 9.17) is 16.0 Å². The van der Waals surface area contributed by atoms with E-state index < -0.39 is 0 Å². The van der Waals surface area contributed by atoms with Crippen molar-refractivity contribution in [3.8, 4) is 11.5 Å². The number of carbonyl (C=O) groups excluding carboxylic acids is 1. The van der Waals surface area contributed by atoms with Gasteiger partial charge >= 0.3 is 6.03 Å². The molecular formula is C19H20ClN5O2. The first-order valence-electron chi connectivity index (χ1n) is 8.74. The minimum Gasteiger partial charge on any atom is -0.463 e. The molecule has 27 heavy (non-hydrogen) atoms. The maximum Gasteiger partial charge on any atom is 0.320 e. The van der Waals surface area contributed by atoms with Crippen molar-refractivity contribution in [2.24, 2.45) is 7.05 Å². The summed E-state index contributed by atoms with van der Waals surface area (Å²) in [4.78, 5) is 14.6. The van der Waals surface area contributed by atoms with Gasteiger partial charge in [-0.2, -0.15) is 5.10 Å². The third-order valence-corrected chi connectivity index (χ3v) is 4.83. The highest BCUT2D eigenvalue weighted by atomic mass is 35.5. The molecule has 0 radical (unpaired) electrons. The maximum absolute atomic E-state index is 12.4. The van der Waals surface area contributed by atoms with Crippen molar-refractivity contribution in [3.63, 3.8) is 0 Å². The topological polar surface area (TPSA) is 75.3 Å². The Morgan fingerprint density at radius 3 is 2.96 bits per heavy atom. The van der Waals surface area contributed by atoms with Gasteiger partial charge in [-0.1, -0.05) is 17.7 Å². The van der Waals surface area contributed by atoms with E-state index in [-0.39, 0.29) is 12.1 Å². The number of aromatic nitrogens is 2. The van der Waals surface area contributed by atoms with Crippen molar-refractivity contribution >= 4 is 29.1 Å². The lowest BCUT2D eigenvalue weighted by Gasteiger charge is -2.19. The molecule has 1 atom stereocenters. The van der Waals surface area contributed by atoms with Crippen LogP contribution in [-0.4, -0.2) is 34.9 Å². The molecule has 2 aromatic heterocycles. The quantitative estimate of drug-likeness (QED) is 0.717. The SMILES string of the molecule is Cn1nc(-c2ccco2)cc1NC(=O)N[C@H]1CCN(c2cccc(Cl)c2)C1. The third-order valence-electron chi connectivity index (χ3n) is 4.59. The van der Waals surface area contributed by atoms with E-state index in [1.807, 2.05) is 30.3 Å². The minimum atomic E-state index is -0.248. The third kappa shape index (κ3) is 3.93. The van der Waals surface area contributed by atoms with Crippen LogP contribution >= 0.6 is 11.6 Å². The number of benzene rings is 1. The standard InChI is InChI=1S/C19H20ClN5O2/c1-24-18(11-16(23-24)17-6-3-9-27-17)22-19(26)21-14-7-8-25(12-14)15-5-2-4-13(20)10-15/h2-6,9-11,14H,7-8,12H2,1H3,(H2,21,22,26)/t14-/m0/s1. The lowest BCUT2D eigenvalue weighted by atomic mass is 10.3. The molecule has 1 fully saturated rings. The number of aryl methyl sites for hydroxylation is 1. The van der Waals surface area contributed by atoms with Gasteiger partial charge in [-0.25, -0.2) is 4.79 Å². The van der Waals surface area contributed by atoms with Crippen LogP contribution in [0.3, 0.4) is 0 Å². The van der Waals surface area contributed by atoms with E-state index in [1.165, 1.54) is 0 Å². The van der Waals surface area contributed by atoms with Crippen LogP contribution in [0.4, 0.5) is 16.3 Å². The lowest BCUT2D eigenvalue weighted by Crippen LogP contribution is -2.40. The zero-order valence-corrected chi connectivity index (χ0v) is 15.6. The van der Waals surface area contributed by atoms with Gasteiger partial charge < -0.3 is 14.6 Å². The van der Waals surface area contributed by atoms with Gasteiger partial charge in [0.2, 0.25) is 0 Å². The van der Waals surface area contributed by atoms with E-state index in [0.29, 0.717) is 22.3 Å². The van der Waals surface area contributed by atoms with Gasteiger partial charge in [-0.3, -0.25) is 10.00 Å². The Balaban J connectivity index is 1.35. The molecule has 3 heterocycles. The molecule has 3 aromatic rings. The second-order valence-electron chi connectivity index (χ2n) is 6.53. The Hall–Kier alpha value is -2.93. The molecule has 1 aliphatic heterocycles. The van der Waals surface area contributed by atoms with Crippen LogP contribution in [0.5, 0.6) is 0 Å². The summed E-state index contributed by atoms with van der Waals surface area (Å²) in [7, 11) is 1.78. The zero-order chi connectivity index (χ0) is 18.8. The molecule has 0 unspecified atom stereocenters. The average molecular weight is 386 g/mol. The maximum atomic E-state index is 12.4. The Labute approximate surface area is 161 Å². The van der Waals surface area contributed by atoms with Crippen LogP contribution in [0.2, 0.25) is 5.02 Å². The van der Waals surface area contributed by atoms with Crippen LogP contribution < -0.4 is 15.5 Å². The van der Waals surface area contributed by atoms with Crippen LogP contribution in [0.1, 0.15) is 6.42 Å². The van der Waals surface area contributed by atoms with E-state index in [1.54, 1.807) is 30.1 Å². The summed E-state index contributed by atoms with van der Waals surface area (Å²) in [5, 5.41) is 10.9. The van der Waals surface area contributed by atoms with Gasteiger partial charge in [0.25, 0.3) is 0 Å². The molecule has 0 saturated carbocycles. The summed E-state index contributed by atoms with van der Waals surface area (Å²) in [5.41, 5.74) is 1.74. The van der Waals surface area contributed by atoms with E-state index in [9.17, 15) is 4.79 Å². The number of urea groups is 1. The van der Waals surface area contributed by atoms with Crippen LogP contribution in [-0.2, 0) is 7.05 Å². The molecule has 4 rings (SSSR count). The van der Waals surface area contributed by atoms with Gasteiger partial charge in [0.15, 0.2) is 5.76 Å². The highest BCUT2D eigenvalue weighted by molar-refractivity contribution is 6.30. The van der Waals surface area contributed by atoms with Crippen molar-refractivity contribution in [2.75, 3.05) is 23.3 Å². The van der Waals surface area contributed by atoms with E-state index >= 15 is 0 Å². The number of rotatable bonds is 4. The number of hydrogen-bond donors (Lipinski definition) is 2. The van der Waals surface area contributed by atoms with Crippen LogP contribution in [0, 0.1) is 0 Å². The average Bonchev–Trinajstić information content (AvgIpc) is 3.37. The molecule has 0 bridgehead atoms. The fraction of sp³-hybridized carbons (Fsp3) is 0.263. The van der Waals surface area contributed by atoms with Gasteiger partial charge in [-0.15, -0.1) is 0 Å². The largest absolute Gasteiger partial charge is 0.463 e. The molecule has 1 saturated heterocycles. The molecule has 0 spiro atoms. The van der Waals surface area contributed by atoms with Crippen molar-refractivity contribution in [2.45, 2.75) is 12.5 Å². The number of amides is 2. The number of furan rings is 1.